The normalized spacial score (nSPS) is 10.2. The molecule has 0 radical (unpaired) electrons. The zero-order valence-electron chi connectivity index (χ0n) is 11.7. The maximum Gasteiger partial charge on any atom is 0.218 e. The molecule has 0 aliphatic carbocycles. The molecular formula is C17H14FN3O. The van der Waals surface area contributed by atoms with Crippen molar-refractivity contribution in [2.45, 2.75) is 6.61 Å². The molecule has 0 spiro atoms. The molecule has 1 aromatic heterocycles. The third-order valence-electron chi connectivity index (χ3n) is 2.99. The van der Waals surface area contributed by atoms with Crippen molar-refractivity contribution in [1.82, 2.24) is 9.97 Å². The summed E-state index contributed by atoms with van der Waals surface area (Å²) < 4.78 is 18.8. The molecule has 0 aliphatic heterocycles. The van der Waals surface area contributed by atoms with E-state index in [-0.39, 0.29) is 0 Å². The highest BCUT2D eigenvalue weighted by atomic mass is 19.1. The van der Waals surface area contributed by atoms with Crippen LogP contribution in [0.4, 0.5) is 15.9 Å². The minimum atomic E-state index is -0.575. The summed E-state index contributed by atoms with van der Waals surface area (Å²) in [5.41, 5.74) is 1.86. The van der Waals surface area contributed by atoms with E-state index in [1.165, 1.54) is 12.4 Å². The van der Waals surface area contributed by atoms with Crippen molar-refractivity contribution in [2.75, 3.05) is 5.32 Å². The summed E-state index contributed by atoms with van der Waals surface area (Å²) in [4.78, 5) is 7.37. The number of benzene rings is 2. The summed E-state index contributed by atoms with van der Waals surface area (Å²) in [6, 6.07) is 18.6. The van der Waals surface area contributed by atoms with E-state index in [1.54, 1.807) is 0 Å². The summed E-state index contributed by atoms with van der Waals surface area (Å²) in [7, 11) is 0. The summed E-state index contributed by atoms with van der Waals surface area (Å²) in [6.45, 7) is 0.492. The van der Waals surface area contributed by atoms with Crippen molar-refractivity contribution in [3.8, 4) is 5.75 Å². The van der Waals surface area contributed by atoms with E-state index in [0.29, 0.717) is 12.4 Å². The second kappa shape index (κ2) is 6.67. The SMILES string of the molecule is Fc1cc(Nc2cccc(OCc3ccccc3)c2)ncn1. The highest BCUT2D eigenvalue weighted by Crippen LogP contribution is 2.21. The Morgan fingerprint density at radius 2 is 1.82 bits per heavy atom. The van der Waals surface area contributed by atoms with Gasteiger partial charge in [-0.1, -0.05) is 36.4 Å². The maximum atomic E-state index is 13.0. The van der Waals surface area contributed by atoms with Crippen molar-refractivity contribution in [3.05, 3.63) is 78.5 Å². The molecule has 22 heavy (non-hydrogen) atoms. The summed E-state index contributed by atoms with van der Waals surface area (Å²) in [6.07, 6.45) is 1.17. The molecule has 0 unspecified atom stereocenters. The van der Waals surface area contributed by atoms with Crippen LogP contribution in [0.5, 0.6) is 5.75 Å². The standard InChI is InChI=1S/C17H14FN3O/c18-16-10-17(20-12-19-16)21-14-7-4-8-15(9-14)22-11-13-5-2-1-3-6-13/h1-10,12H,11H2,(H,19,20,21). The average Bonchev–Trinajstić information content (AvgIpc) is 2.54. The average molecular weight is 295 g/mol. The van der Waals surface area contributed by atoms with Crippen LogP contribution in [0.15, 0.2) is 67.0 Å². The Balaban J connectivity index is 1.67. The molecule has 0 bridgehead atoms. The summed E-state index contributed by atoms with van der Waals surface area (Å²) in [5.74, 6) is 0.546. The highest BCUT2D eigenvalue weighted by molar-refractivity contribution is 5.57. The van der Waals surface area contributed by atoms with Crippen molar-refractivity contribution in [2.24, 2.45) is 0 Å². The van der Waals surface area contributed by atoms with E-state index in [4.69, 9.17) is 4.74 Å². The smallest absolute Gasteiger partial charge is 0.218 e. The first kappa shape index (κ1) is 14.0. The van der Waals surface area contributed by atoms with Crippen molar-refractivity contribution >= 4 is 11.5 Å². The predicted molar refractivity (Wildman–Crippen MR) is 82.5 cm³/mol. The van der Waals surface area contributed by atoms with Crippen LogP contribution < -0.4 is 10.1 Å². The number of nitrogens with zero attached hydrogens (tertiary/aromatic N) is 2. The lowest BCUT2D eigenvalue weighted by molar-refractivity contribution is 0.306. The zero-order valence-corrected chi connectivity index (χ0v) is 11.7. The molecule has 0 atom stereocenters. The second-order valence-corrected chi connectivity index (χ2v) is 4.65. The van der Waals surface area contributed by atoms with Gasteiger partial charge in [0, 0.05) is 17.8 Å². The van der Waals surface area contributed by atoms with Crippen LogP contribution >= 0.6 is 0 Å². The van der Waals surface area contributed by atoms with E-state index >= 15 is 0 Å². The number of rotatable bonds is 5. The molecule has 3 rings (SSSR count). The third-order valence-corrected chi connectivity index (χ3v) is 2.99. The molecule has 0 fully saturated rings. The highest BCUT2D eigenvalue weighted by Gasteiger charge is 2.01. The first-order valence-electron chi connectivity index (χ1n) is 6.81. The minimum Gasteiger partial charge on any atom is -0.489 e. The van der Waals surface area contributed by atoms with Gasteiger partial charge in [-0.3, -0.25) is 0 Å². The Labute approximate surface area is 127 Å². The van der Waals surface area contributed by atoms with Gasteiger partial charge in [-0.25, -0.2) is 9.97 Å². The van der Waals surface area contributed by atoms with Crippen molar-refractivity contribution < 1.29 is 9.13 Å². The Kier molecular flexibility index (Phi) is 4.25. The van der Waals surface area contributed by atoms with Gasteiger partial charge in [-0.15, -0.1) is 0 Å². The summed E-state index contributed by atoms with van der Waals surface area (Å²) >= 11 is 0. The molecule has 5 heteroatoms. The van der Waals surface area contributed by atoms with Gasteiger partial charge in [0.05, 0.1) is 0 Å². The van der Waals surface area contributed by atoms with Gasteiger partial charge in [0.15, 0.2) is 0 Å². The fourth-order valence-corrected chi connectivity index (χ4v) is 1.95. The van der Waals surface area contributed by atoms with E-state index < -0.39 is 5.95 Å². The zero-order chi connectivity index (χ0) is 15.2. The quantitative estimate of drug-likeness (QED) is 0.724. The Morgan fingerprint density at radius 1 is 0.955 bits per heavy atom. The number of hydrogen-bond donors (Lipinski definition) is 1. The van der Waals surface area contributed by atoms with Crippen LogP contribution in [-0.2, 0) is 6.61 Å². The Morgan fingerprint density at radius 3 is 2.64 bits per heavy atom. The first-order chi connectivity index (χ1) is 10.8. The Hall–Kier alpha value is -2.95. The van der Waals surface area contributed by atoms with Gasteiger partial charge in [0.2, 0.25) is 5.95 Å². The van der Waals surface area contributed by atoms with Gasteiger partial charge in [0.25, 0.3) is 0 Å². The topological polar surface area (TPSA) is 47.0 Å². The van der Waals surface area contributed by atoms with Crippen LogP contribution in [0.2, 0.25) is 0 Å². The van der Waals surface area contributed by atoms with Gasteiger partial charge in [-0.05, 0) is 17.7 Å². The van der Waals surface area contributed by atoms with E-state index in [1.807, 2.05) is 54.6 Å². The van der Waals surface area contributed by atoms with Gasteiger partial charge < -0.3 is 10.1 Å². The molecule has 2 aromatic carbocycles. The van der Waals surface area contributed by atoms with Gasteiger partial charge in [-0.2, -0.15) is 4.39 Å². The van der Waals surface area contributed by atoms with Crippen molar-refractivity contribution in [1.29, 1.82) is 0 Å². The largest absolute Gasteiger partial charge is 0.489 e. The minimum absolute atomic E-state index is 0.396. The molecule has 0 aliphatic rings. The molecule has 0 amide bonds. The number of nitrogens with one attached hydrogen (secondary N) is 1. The first-order valence-corrected chi connectivity index (χ1v) is 6.81. The monoisotopic (exact) mass is 295 g/mol. The lowest BCUT2D eigenvalue weighted by atomic mass is 10.2. The summed E-state index contributed by atoms with van der Waals surface area (Å²) in [5, 5.41) is 3.01. The van der Waals surface area contributed by atoms with Crippen LogP contribution in [0.1, 0.15) is 5.56 Å². The second-order valence-electron chi connectivity index (χ2n) is 4.65. The van der Waals surface area contributed by atoms with Gasteiger partial charge >= 0.3 is 0 Å². The molecule has 1 heterocycles. The fourth-order valence-electron chi connectivity index (χ4n) is 1.95. The molecular weight excluding hydrogens is 281 g/mol. The van der Waals surface area contributed by atoms with Crippen LogP contribution in [0.25, 0.3) is 0 Å². The van der Waals surface area contributed by atoms with E-state index in [0.717, 1.165) is 17.0 Å². The molecule has 0 saturated heterocycles. The number of aromatic nitrogens is 2. The van der Waals surface area contributed by atoms with E-state index in [2.05, 4.69) is 15.3 Å². The van der Waals surface area contributed by atoms with Crippen LogP contribution in [0.3, 0.4) is 0 Å². The number of ether oxygens (including phenoxy) is 1. The molecule has 1 N–H and O–H groups in total. The molecule has 110 valence electrons. The molecule has 4 nitrogen and oxygen atoms in total. The van der Waals surface area contributed by atoms with E-state index in [9.17, 15) is 4.39 Å². The Bertz CT molecular complexity index is 750. The van der Waals surface area contributed by atoms with Crippen LogP contribution in [0, 0.1) is 5.95 Å². The van der Waals surface area contributed by atoms with Crippen molar-refractivity contribution in [3.63, 3.8) is 0 Å². The molecule has 0 saturated carbocycles. The predicted octanol–water partition coefficient (Wildman–Crippen LogP) is 3.94. The fraction of sp³-hybridized carbons (Fsp3) is 0.0588. The lowest BCUT2D eigenvalue weighted by Gasteiger charge is -2.09. The maximum absolute atomic E-state index is 13.0. The van der Waals surface area contributed by atoms with Crippen LogP contribution in [-0.4, -0.2) is 9.97 Å². The lowest BCUT2D eigenvalue weighted by Crippen LogP contribution is -1.98. The number of hydrogen-bond acceptors (Lipinski definition) is 4. The number of anilines is 2. The molecule has 3 aromatic rings. The third kappa shape index (κ3) is 3.79. The number of halogens is 1. The van der Waals surface area contributed by atoms with Gasteiger partial charge in [0.1, 0.15) is 24.5 Å².